The Morgan fingerprint density at radius 1 is 0.407 bits per heavy atom. The first-order valence-electron chi connectivity index (χ1n) is 23.0. The van der Waals surface area contributed by atoms with Gasteiger partial charge in [0.05, 0.1) is 0 Å². The van der Waals surface area contributed by atoms with Crippen LogP contribution in [-0.4, -0.2) is 0 Å². The lowest BCUT2D eigenvalue weighted by atomic mass is 9.90. The Morgan fingerprint density at radius 3 is 0.966 bits per heavy atom. The van der Waals surface area contributed by atoms with E-state index in [1.807, 2.05) is 36.4 Å². The number of phosphoric ester groups is 1. The molecule has 3 unspecified atom stereocenters. The van der Waals surface area contributed by atoms with Crippen molar-refractivity contribution in [2.75, 3.05) is 0 Å². The minimum atomic E-state index is -4.50. The van der Waals surface area contributed by atoms with Crippen LogP contribution in [0.1, 0.15) is 135 Å². The van der Waals surface area contributed by atoms with E-state index < -0.39 is 7.82 Å². The zero-order valence-electron chi connectivity index (χ0n) is 36.8. The molecule has 0 saturated heterocycles. The highest BCUT2D eigenvalue weighted by Gasteiger charge is 2.38. The van der Waals surface area contributed by atoms with Gasteiger partial charge in [-0.3, -0.25) is 0 Å². The average molecular weight is 813 g/mol. The molecule has 4 nitrogen and oxygen atoms in total. The minimum absolute atomic E-state index is 0.470. The summed E-state index contributed by atoms with van der Waals surface area (Å²) in [7, 11) is -4.50. The second-order valence-electron chi connectivity index (χ2n) is 16.9. The summed E-state index contributed by atoms with van der Waals surface area (Å²) in [5.74, 6) is 3.18. The minimum Gasteiger partial charge on any atom is -0.385 e. The van der Waals surface area contributed by atoms with Gasteiger partial charge in [-0.2, -0.15) is 4.57 Å². The standard InChI is InChI=1S/C54H69O4P/c1-7-13-22-40(10-4)37-46-34-31-43-25-16-19-28-49(43)52(46)56-59(55,57-53-47(38-41(11-5)23-14-8-2)35-32-44-26-17-20-29-50(44)53)58-54-48(39-42(12-6)24-15-9-3)36-33-45-27-18-21-30-51(45)54/h16-21,25-36,40-42H,7-15,22-24,37-39H2,1-6H3. The fourth-order valence-corrected chi connectivity index (χ4v) is 10.3. The number of rotatable bonds is 24. The lowest BCUT2D eigenvalue weighted by Crippen LogP contribution is -2.14. The predicted octanol–water partition coefficient (Wildman–Crippen LogP) is 17.1. The summed E-state index contributed by atoms with van der Waals surface area (Å²) in [6.07, 6.45) is 16.0. The molecule has 3 atom stereocenters. The van der Waals surface area contributed by atoms with Gasteiger partial charge in [0.25, 0.3) is 0 Å². The molecule has 0 saturated carbocycles. The molecule has 0 N–H and O–H groups in total. The third-order valence-electron chi connectivity index (χ3n) is 12.6. The fraction of sp³-hybridized carbons (Fsp3) is 0.444. The molecule has 0 aliphatic heterocycles. The monoisotopic (exact) mass is 812 g/mol. The van der Waals surface area contributed by atoms with Gasteiger partial charge in [0.2, 0.25) is 0 Å². The molecule has 0 amide bonds. The SMILES string of the molecule is CCCCC(CC)Cc1ccc2ccccc2c1OP(=O)(Oc1c(CC(CC)CCCC)ccc2ccccc12)Oc1c(CC(CC)CCCC)ccc2ccccc12. The van der Waals surface area contributed by atoms with Crippen molar-refractivity contribution >= 4 is 40.1 Å². The number of benzene rings is 6. The summed E-state index contributed by atoms with van der Waals surface area (Å²) in [5, 5.41) is 5.82. The first kappa shape index (κ1) is 44.3. The van der Waals surface area contributed by atoms with Gasteiger partial charge in [-0.15, -0.1) is 0 Å². The molecule has 0 aliphatic carbocycles. The van der Waals surface area contributed by atoms with Gasteiger partial charge >= 0.3 is 7.82 Å². The highest BCUT2D eigenvalue weighted by molar-refractivity contribution is 7.49. The molecule has 0 spiro atoms. The predicted molar refractivity (Wildman–Crippen MR) is 252 cm³/mol. The van der Waals surface area contributed by atoms with E-state index in [4.69, 9.17) is 13.6 Å². The zero-order valence-corrected chi connectivity index (χ0v) is 37.7. The van der Waals surface area contributed by atoms with Crippen LogP contribution in [0, 0.1) is 17.8 Å². The lowest BCUT2D eigenvalue weighted by Gasteiger charge is -2.27. The van der Waals surface area contributed by atoms with Gasteiger partial charge < -0.3 is 13.6 Å². The number of unbranched alkanes of at least 4 members (excludes halogenated alkanes) is 3. The van der Waals surface area contributed by atoms with Crippen LogP contribution in [0.5, 0.6) is 17.2 Å². The molecule has 0 bridgehead atoms. The molecular formula is C54H69O4P. The van der Waals surface area contributed by atoms with Crippen molar-refractivity contribution in [2.45, 2.75) is 138 Å². The maximum atomic E-state index is 16.4. The maximum Gasteiger partial charge on any atom is 0.647 e. The molecule has 314 valence electrons. The van der Waals surface area contributed by atoms with Crippen molar-refractivity contribution in [1.29, 1.82) is 0 Å². The molecule has 59 heavy (non-hydrogen) atoms. The Morgan fingerprint density at radius 2 is 0.695 bits per heavy atom. The second kappa shape index (κ2) is 21.8. The van der Waals surface area contributed by atoms with E-state index in [1.54, 1.807) is 0 Å². The summed E-state index contributed by atoms with van der Waals surface area (Å²) in [5.41, 5.74) is 3.10. The van der Waals surface area contributed by atoms with Crippen molar-refractivity contribution in [2.24, 2.45) is 17.8 Å². The summed E-state index contributed by atoms with van der Waals surface area (Å²) in [4.78, 5) is 0. The Labute approximate surface area is 355 Å². The maximum absolute atomic E-state index is 16.4. The van der Waals surface area contributed by atoms with Gasteiger partial charge in [0.1, 0.15) is 17.2 Å². The van der Waals surface area contributed by atoms with Crippen molar-refractivity contribution in [3.05, 3.63) is 126 Å². The van der Waals surface area contributed by atoms with Gasteiger partial charge in [-0.1, -0.05) is 228 Å². The van der Waals surface area contributed by atoms with Crippen molar-refractivity contribution < 1.29 is 18.1 Å². The van der Waals surface area contributed by atoms with Crippen LogP contribution in [0.4, 0.5) is 0 Å². The lowest BCUT2D eigenvalue weighted by molar-refractivity contribution is 0.296. The molecule has 0 fully saturated rings. The first-order chi connectivity index (χ1) is 28.8. The van der Waals surface area contributed by atoms with E-state index in [0.717, 1.165) is 126 Å². The summed E-state index contributed by atoms with van der Waals surface area (Å²) < 4.78 is 37.8. The van der Waals surface area contributed by atoms with Gasteiger partial charge in [-0.25, -0.2) is 0 Å². The van der Waals surface area contributed by atoms with E-state index in [2.05, 4.69) is 114 Å². The molecule has 6 aromatic carbocycles. The summed E-state index contributed by atoms with van der Waals surface area (Å²) in [6, 6.07) is 37.8. The van der Waals surface area contributed by atoms with Crippen LogP contribution in [0.25, 0.3) is 32.3 Å². The highest BCUT2D eigenvalue weighted by atomic mass is 31.2. The van der Waals surface area contributed by atoms with E-state index in [1.165, 1.54) is 19.3 Å². The average Bonchev–Trinajstić information content (AvgIpc) is 3.27. The van der Waals surface area contributed by atoms with Crippen molar-refractivity contribution in [3.63, 3.8) is 0 Å². The van der Waals surface area contributed by atoms with Crippen molar-refractivity contribution in [3.8, 4) is 17.2 Å². The fourth-order valence-electron chi connectivity index (χ4n) is 8.82. The quantitative estimate of drug-likeness (QED) is 0.0571. The smallest absolute Gasteiger partial charge is 0.385 e. The van der Waals surface area contributed by atoms with Crippen LogP contribution < -0.4 is 13.6 Å². The molecule has 0 radical (unpaired) electrons. The molecule has 6 rings (SSSR count). The third kappa shape index (κ3) is 11.3. The first-order valence-corrected chi connectivity index (χ1v) is 24.5. The van der Waals surface area contributed by atoms with Gasteiger partial charge in [0.15, 0.2) is 0 Å². The Bertz CT molecular complexity index is 2040. The molecule has 0 aliphatic rings. The molecule has 0 heterocycles. The zero-order chi connectivity index (χ0) is 41.6. The van der Waals surface area contributed by atoms with Crippen LogP contribution in [-0.2, 0) is 23.8 Å². The second-order valence-corrected chi connectivity index (χ2v) is 18.3. The Hall–Kier alpha value is -4.27. The molecule has 6 aromatic rings. The topological polar surface area (TPSA) is 44.8 Å². The molecule has 0 aromatic heterocycles. The number of phosphoric acid groups is 1. The largest absolute Gasteiger partial charge is 0.647 e. The van der Waals surface area contributed by atoms with Crippen LogP contribution in [0.2, 0.25) is 0 Å². The van der Waals surface area contributed by atoms with E-state index in [9.17, 15) is 0 Å². The number of hydrogen-bond donors (Lipinski definition) is 0. The van der Waals surface area contributed by atoms with Gasteiger partial charge in [0, 0.05) is 16.2 Å². The van der Waals surface area contributed by atoms with Crippen molar-refractivity contribution in [1.82, 2.24) is 0 Å². The third-order valence-corrected chi connectivity index (χ3v) is 13.9. The summed E-state index contributed by atoms with van der Waals surface area (Å²) in [6.45, 7) is 13.6. The van der Waals surface area contributed by atoms with E-state index >= 15 is 4.57 Å². The highest BCUT2D eigenvalue weighted by Crippen LogP contribution is 2.56. The van der Waals surface area contributed by atoms with Gasteiger partial charge in [-0.05, 0) is 69.9 Å². The summed E-state index contributed by atoms with van der Waals surface area (Å²) >= 11 is 0. The van der Waals surface area contributed by atoms with Crippen LogP contribution in [0.15, 0.2) is 109 Å². The molecule has 5 heteroatoms. The Kier molecular flexibility index (Phi) is 16.4. The number of hydrogen-bond acceptors (Lipinski definition) is 4. The Balaban J connectivity index is 1.56. The number of fused-ring (bicyclic) bond motifs is 3. The van der Waals surface area contributed by atoms with E-state index in [-0.39, 0.29) is 0 Å². The normalized spacial score (nSPS) is 14.3. The van der Waals surface area contributed by atoms with Crippen LogP contribution in [0.3, 0.4) is 0 Å². The van der Waals surface area contributed by atoms with E-state index in [0.29, 0.717) is 35.0 Å². The molecular weight excluding hydrogens is 744 g/mol. The van der Waals surface area contributed by atoms with Crippen LogP contribution >= 0.6 is 7.82 Å².